The Bertz CT molecular complexity index is 979. The molecule has 0 N–H and O–H groups in total. The number of hydrogen-bond donors (Lipinski definition) is 0. The second-order valence-electron chi connectivity index (χ2n) is 6.83. The number of aryl methyl sites for hydroxylation is 1. The van der Waals surface area contributed by atoms with Crippen LogP contribution in [-0.4, -0.2) is 41.5 Å². The van der Waals surface area contributed by atoms with Crippen LogP contribution in [0.25, 0.3) is 10.8 Å². The highest BCUT2D eigenvalue weighted by atomic mass is 32.2. The first-order chi connectivity index (χ1) is 13.2. The van der Waals surface area contributed by atoms with Crippen LogP contribution in [0.4, 0.5) is 5.69 Å². The van der Waals surface area contributed by atoms with E-state index in [-0.39, 0.29) is 0 Å². The molecular weight excluding hydrogens is 354 g/mol. The molecule has 0 unspecified atom stereocenters. The topological polar surface area (TPSA) is 37.7 Å². The summed E-state index contributed by atoms with van der Waals surface area (Å²) in [6, 6.07) is 17.1. The molecule has 5 heteroatoms. The Hall–Kier alpha value is -2.53. The van der Waals surface area contributed by atoms with Gasteiger partial charge in [-0.05, 0) is 35.6 Å². The van der Waals surface area contributed by atoms with Crippen LogP contribution in [0.1, 0.15) is 17.0 Å². The summed E-state index contributed by atoms with van der Waals surface area (Å²) in [7, 11) is 1.62. The minimum Gasteiger partial charge on any atom is -0.481 e. The predicted molar refractivity (Wildman–Crippen MR) is 114 cm³/mol. The monoisotopic (exact) mass is 377 g/mol. The summed E-state index contributed by atoms with van der Waals surface area (Å²) >= 11 is 1.68. The lowest BCUT2D eigenvalue weighted by Crippen LogP contribution is -2.47. The smallest absolute Gasteiger partial charge is 0.213 e. The van der Waals surface area contributed by atoms with Crippen LogP contribution in [0.15, 0.2) is 59.7 Å². The molecule has 1 fully saturated rings. The molecule has 27 heavy (non-hydrogen) atoms. The largest absolute Gasteiger partial charge is 0.481 e. The van der Waals surface area contributed by atoms with Gasteiger partial charge in [0.05, 0.1) is 19.0 Å². The quantitative estimate of drug-likeness (QED) is 0.475. The van der Waals surface area contributed by atoms with E-state index in [1.807, 2.05) is 12.1 Å². The zero-order valence-corrected chi connectivity index (χ0v) is 16.7. The molecule has 0 saturated carbocycles. The SMILES string of the molecule is COc1ccc(/N=C(/SC)N2CC(c3cccc4cc(C)ccc34)C2)cn1. The molecule has 0 aliphatic carbocycles. The molecule has 1 aliphatic heterocycles. The minimum absolute atomic E-state index is 0.544. The molecular formula is C22H23N3OS. The van der Waals surface area contributed by atoms with Gasteiger partial charge in [0, 0.05) is 25.1 Å². The van der Waals surface area contributed by atoms with Crippen molar-refractivity contribution in [3.63, 3.8) is 0 Å². The van der Waals surface area contributed by atoms with Gasteiger partial charge in [0.2, 0.25) is 5.88 Å². The summed E-state index contributed by atoms with van der Waals surface area (Å²) in [5.74, 6) is 1.15. The number of methoxy groups -OCH3 is 1. The lowest BCUT2D eigenvalue weighted by Gasteiger charge is -2.41. The van der Waals surface area contributed by atoms with Crippen molar-refractivity contribution in [2.24, 2.45) is 4.99 Å². The maximum Gasteiger partial charge on any atom is 0.213 e. The fraction of sp³-hybridized carbons (Fsp3) is 0.273. The highest BCUT2D eigenvalue weighted by Crippen LogP contribution is 2.34. The molecule has 3 aromatic rings. The van der Waals surface area contributed by atoms with Crippen LogP contribution in [0.3, 0.4) is 0 Å². The van der Waals surface area contributed by atoms with Crippen molar-refractivity contribution in [2.75, 3.05) is 26.5 Å². The lowest BCUT2D eigenvalue weighted by atomic mass is 9.88. The Balaban J connectivity index is 1.51. The number of likely N-dealkylation sites (tertiary alicyclic amines) is 1. The summed E-state index contributed by atoms with van der Waals surface area (Å²) in [4.78, 5) is 11.3. The number of benzene rings is 2. The molecule has 1 aliphatic rings. The highest BCUT2D eigenvalue weighted by Gasteiger charge is 2.31. The van der Waals surface area contributed by atoms with Gasteiger partial charge in [-0.3, -0.25) is 0 Å². The van der Waals surface area contributed by atoms with Gasteiger partial charge >= 0.3 is 0 Å². The van der Waals surface area contributed by atoms with Gasteiger partial charge in [0.25, 0.3) is 0 Å². The van der Waals surface area contributed by atoms with Gasteiger partial charge in [0.15, 0.2) is 5.17 Å². The Morgan fingerprint density at radius 1 is 1.19 bits per heavy atom. The van der Waals surface area contributed by atoms with Crippen molar-refractivity contribution >= 4 is 33.4 Å². The predicted octanol–water partition coefficient (Wildman–Crippen LogP) is 5.00. The van der Waals surface area contributed by atoms with E-state index in [0.29, 0.717) is 11.8 Å². The maximum absolute atomic E-state index is 5.11. The van der Waals surface area contributed by atoms with Crippen LogP contribution < -0.4 is 4.74 Å². The Morgan fingerprint density at radius 3 is 2.74 bits per heavy atom. The second kappa shape index (κ2) is 7.61. The maximum atomic E-state index is 5.11. The Morgan fingerprint density at radius 2 is 2.04 bits per heavy atom. The molecule has 4 nitrogen and oxygen atoms in total. The number of aliphatic imine (C=N–C) groups is 1. The molecule has 138 valence electrons. The first kappa shape index (κ1) is 17.9. The van der Waals surface area contributed by atoms with Crippen LogP contribution in [-0.2, 0) is 0 Å². The van der Waals surface area contributed by atoms with E-state index in [1.54, 1.807) is 25.1 Å². The van der Waals surface area contributed by atoms with Crippen molar-refractivity contribution in [3.8, 4) is 5.88 Å². The first-order valence-corrected chi connectivity index (χ1v) is 10.3. The molecule has 0 bridgehead atoms. The molecule has 0 atom stereocenters. The summed E-state index contributed by atoms with van der Waals surface area (Å²) in [5, 5.41) is 3.73. The molecule has 1 saturated heterocycles. The number of amidine groups is 1. The van der Waals surface area contributed by atoms with E-state index >= 15 is 0 Å². The first-order valence-electron chi connectivity index (χ1n) is 9.05. The van der Waals surface area contributed by atoms with E-state index in [4.69, 9.17) is 9.73 Å². The molecule has 4 rings (SSSR count). The van der Waals surface area contributed by atoms with E-state index in [2.05, 4.69) is 59.5 Å². The van der Waals surface area contributed by atoms with Gasteiger partial charge in [-0.1, -0.05) is 53.7 Å². The number of pyridine rings is 1. The van der Waals surface area contributed by atoms with Crippen molar-refractivity contribution < 1.29 is 4.74 Å². The third kappa shape index (κ3) is 3.65. The molecule has 2 aromatic carbocycles. The number of hydrogen-bond acceptors (Lipinski definition) is 4. The average molecular weight is 378 g/mol. The number of aromatic nitrogens is 1. The average Bonchev–Trinajstić information content (AvgIpc) is 2.66. The van der Waals surface area contributed by atoms with Crippen LogP contribution >= 0.6 is 11.8 Å². The molecule has 0 radical (unpaired) electrons. The molecule has 2 heterocycles. The minimum atomic E-state index is 0.544. The number of rotatable bonds is 3. The van der Waals surface area contributed by atoms with E-state index in [9.17, 15) is 0 Å². The number of ether oxygens (including phenoxy) is 1. The molecule has 1 aromatic heterocycles. The molecule has 0 amide bonds. The van der Waals surface area contributed by atoms with Gasteiger partial charge in [-0.2, -0.15) is 0 Å². The number of fused-ring (bicyclic) bond motifs is 1. The summed E-state index contributed by atoms with van der Waals surface area (Å²) in [6.45, 7) is 4.14. The Kier molecular flexibility index (Phi) is 5.03. The highest BCUT2D eigenvalue weighted by molar-refractivity contribution is 8.13. The van der Waals surface area contributed by atoms with E-state index in [0.717, 1.165) is 23.9 Å². The van der Waals surface area contributed by atoms with Gasteiger partial charge in [-0.15, -0.1) is 0 Å². The standard InChI is InChI=1S/C22H23N3OS/c1-15-7-9-20-16(11-15)5-4-6-19(20)17-13-25(14-17)22(27-3)24-18-8-10-21(26-2)23-12-18/h4-12,17H,13-14H2,1-3H3/b24-22+. The van der Waals surface area contributed by atoms with E-state index in [1.165, 1.54) is 21.9 Å². The molecule has 0 spiro atoms. The fourth-order valence-electron chi connectivity index (χ4n) is 3.53. The zero-order chi connectivity index (χ0) is 18.8. The van der Waals surface area contributed by atoms with Crippen molar-refractivity contribution in [3.05, 3.63) is 65.9 Å². The van der Waals surface area contributed by atoms with Crippen molar-refractivity contribution in [1.82, 2.24) is 9.88 Å². The van der Waals surface area contributed by atoms with Crippen LogP contribution in [0.2, 0.25) is 0 Å². The summed E-state index contributed by atoms with van der Waals surface area (Å²) in [6.07, 6.45) is 3.82. The number of thioether (sulfide) groups is 1. The zero-order valence-electron chi connectivity index (χ0n) is 15.8. The fourth-order valence-corrected chi connectivity index (χ4v) is 4.13. The van der Waals surface area contributed by atoms with E-state index < -0.39 is 0 Å². The third-order valence-corrected chi connectivity index (χ3v) is 5.71. The summed E-state index contributed by atoms with van der Waals surface area (Å²) in [5.41, 5.74) is 3.60. The van der Waals surface area contributed by atoms with Crippen LogP contribution in [0, 0.1) is 6.92 Å². The van der Waals surface area contributed by atoms with Crippen LogP contribution in [0.5, 0.6) is 5.88 Å². The van der Waals surface area contributed by atoms with Gasteiger partial charge < -0.3 is 9.64 Å². The Labute approximate surface area is 164 Å². The number of nitrogens with zero attached hydrogens (tertiary/aromatic N) is 3. The third-order valence-electron chi connectivity index (χ3n) is 5.00. The van der Waals surface area contributed by atoms with Crippen molar-refractivity contribution in [2.45, 2.75) is 12.8 Å². The lowest BCUT2D eigenvalue weighted by molar-refractivity contribution is 0.259. The second-order valence-corrected chi connectivity index (χ2v) is 7.60. The summed E-state index contributed by atoms with van der Waals surface area (Å²) < 4.78 is 5.11. The van der Waals surface area contributed by atoms with Gasteiger partial charge in [-0.25, -0.2) is 9.98 Å². The van der Waals surface area contributed by atoms with Gasteiger partial charge in [0.1, 0.15) is 0 Å². The normalized spacial score (nSPS) is 15.1. The van der Waals surface area contributed by atoms with Crippen molar-refractivity contribution in [1.29, 1.82) is 0 Å².